The molecule has 0 aromatic heterocycles. The fraction of sp³-hybridized carbons (Fsp3) is 0.200. The maximum Gasteiger partial charge on any atom is 0.188 e. The van der Waals surface area contributed by atoms with Gasteiger partial charge in [-0.15, -0.1) is 0 Å². The second-order valence-corrected chi connectivity index (χ2v) is 2.31. The number of nitrogens with zero attached hydrogens (tertiary/aromatic N) is 3. The lowest BCUT2D eigenvalue weighted by atomic mass is 10.3. The number of nitrogens with one attached hydrogen (secondary N) is 1. The lowest BCUT2D eigenvalue weighted by molar-refractivity contribution is 0.824. The largest absolute Gasteiger partial charge is 0.412 e. The Morgan fingerprint density at radius 2 is 2.27 bits per heavy atom. The third-order valence-corrected chi connectivity index (χ3v) is 1.62. The second kappa shape index (κ2) is 2.85. The molecule has 5 nitrogen and oxygen atoms in total. The van der Waals surface area contributed by atoms with Gasteiger partial charge in [0.05, 0.1) is 6.34 Å². The van der Waals surface area contributed by atoms with Crippen LogP contribution in [0.2, 0.25) is 0 Å². The number of hydrogen-bond donors (Lipinski definition) is 1. The van der Waals surface area contributed by atoms with Gasteiger partial charge in [-0.2, -0.15) is 0 Å². The van der Waals surface area contributed by atoms with Crippen LogP contribution in [0.25, 0.3) is 0 Å². The molecule has 2 heterocycles. The van der Waals surface area contributed by atoms with E-state index in [-0.39, 0.29) is 11.6 Å². The molecule has 11 heavy (non-hydrogen) atoms. The normalized spacial score (nSPS) is 25.3. The van der Waals surface area contributed by atoms with Crippen molar-refractivity contribution in [2.45, 2.75) is 6.17 Å². The monoisotopic (exact) mass is 170 g/mol. The fourth-order valence-corrected chi connectivity index (χ4v) is 1.03. The Kier molecular flexibility index (Phi) is 2.06. The lowest BCUT2D eigenvalue weighted by Gasteiger charge is -2.11. The molecule has 0 saturated heterocycles. The molecule has 3 N–H and O–H groups in total. The highest BCUT2D eigenvalue weighted by atomic mass is 32.1. The molecule has 2 rings (SSSR count). The van der Waals surface area contributed by atoms with E-state index >= 15 is 0 Å². The predicted molar refractivity (Wildman–Crippen MR) is 47.6 cm³/mol. The van der Waals surface area contributed by atoms with Gasteiger partial charge >= 0.3 is 0 Å². The molecule has 2 aliphatic heterocycles. The summed E-state index contributed by atoms with van der Waals surface area (Å²) in [6.45, 7) is 0. The number of rotatable bonds is 0. The Morgan fingerprint density at radius 1 is 1.45 bits per heavy atom. The highest BCUT2D eigenvalue weighted by molar-refractivity contribution is 7.82. The van der Waals surface area contributed by atoms with E-state index in [1.54, 1.807) is 6.34 Å². The summed E-state index contributed by atoms with van der Waals surface area (Å²) in [6.07, 6.45) is 2.86. The summed E-state index contributed by atoms with van der Waals surface area (Å²) in [6, 6.07) is 0. The van der Waals surface area contributed by atoms with Crippen LogP contribution < -0.4 is 5.32 Å². The molecular weight excluding hydrogens is 164 g/mol. The van der Waals surface area contributed by atoms with Gasteiger partial charge in [0, 0.05) is 0 Å². The van der Waals surface area contributed by atoms with E-state index in [0.717, 1.165) is 5.71 Å². The van der Waals surface area contributed by atoms with Gasteiger partial charge in [-0.05, 0) is 0 Å². The summed E-state index contributed by atoms with van der Waals surface area (Å²) >= 11 is 4.93. The molecule has 58 valence electrons. The van der Waals surface area contributed by atoms with Gasteiger partial charge in [-0.1, -0.05) is 12.2 Å². The third-order valence-electron chi connectivity index (χ3n) is 1.29. The maximum atomic E-state index is 4.93. The number of thiocarbonyl (C=S) groups is 1. The van der Waals surface area contributed by atoms with Gasteiger partial charge < -0.3 is 10.8 Å². The van der Waals surface area contributed by atoms with Crippen molar-refractivity contribution < 1.29 is 5.48 Å². The minimum absolute atomic E-state index is 0. The number of aliphatic imine (C=N–C) groups is 3. The Bertz CT molecular complexity index is 270. The molecule has 0 amide bonds. The maximum absolute atomic E-state index is 4.93. The van der Waals surface area contributed by atoms with E-state index < -0.39 is 0 Å². The second-order valence-electron chi connectivity index (χ2n) is 1.90. The summed E-state index contributed by atoms with van der Waals surface area (Å²) in [5.41, 5.74) is 0.748. The zero-order chi connectivity index (χ0) is 6.97. The van der Waals surface area contributed by atoms with Crippen LogP contribution in [0.5, 0.6) is 0 Å². The highest BCUT2D eigenvalue weighted by Crippen LogP contribution is 2.06. The fourth-order valence-electron chi connectivity index (χ4n) is 0.821. The molecule has 0 radical (unpaired) electrons. The topological polar surface area (TPSA) is 80.6 Å². The first-order valence-corrected chi connectivity index (χ1v) is 3.20. The average Bonchev–Trinajstić information content (AvgIpc) is 2.36. The van der Waals surface area contributed by atoms with Crippen molar-refractivity contribution in [2.24, 2.45) is 15.0 Å². The Balaban J connectivity index is 0.000000605. The highest BCUT2D eigenvalue weighted by Gasteiger charge is 2.22. The van der Waals surface area contributed by atoms with Crippen molar-refractivity contribution in [3.05, 3.63) is 0 Å². The van der Waals surface area contributed by atoms with Crippen molar-refractivity contribution in [3.63, 3.8) is 0 Å². The molecule has 1 atom stereocenters. The number of fused-ring (bicyclic) bond motifs is 1. The zero-order valence-electron chi connectivity index (χ0n) is 5.48. The summed E-state index contributed by atoms with van der Waals surface area (Å²) in [7, 11) is 0. The molecule has 0 fully saturated rings. The molecule has 0 saturated carbocycles. The van der Waals surface area contributed by atoms with E-state index in [1.807, 2.05) is 0 Å². The zero-order valence-corrected chi connectivity index (χ0v) is 6.30. The first kappa shape index (κ1) is 7.96. The van der Waals surface area contributed by atoms with Crippen LogP contribution in [0.3, 0.4) is 0 Å². The van der Waals surface area contributed by atoms with Gasteiger partial charge in [0.2, 0.25) is 0 Å². The van der Waals surface area contributed by atoms with Crippen LogP contribution in [0.4, 0.5) is 0 Å². The molecular formula is C5H6N4OS. The summed E-state index contributed by atoms with van der Waals surface area (Å²) in [5, 5.41) is 2.78. The minimum atomic E-state index is -0.172. The first-order valence-electron chi connectivity index (χ1n) is 2.80. The average molecular weight is 170 g/mol. The predicted octanol–water partition coefficient (Wildman–Crippen LogP) is -1.07. The van der Waals surface area contributed by atoms with Gasteiger partial charge in [-0.25, -0.2) is 15.0 Å². The number of hydrogen-bond acceptors (Lipinski definition) is 4. The van der Waals surface area contributed by atoms with Crippen LogP contribution in [0.1, 0.15) is 0 Å². The van der Waals surface area contributed by atoms with Crippen molar-refractivity contribution in [1.82, 2.24) is 5.32 Å². The molecule has 6 heteroatoms. The summed E-state index contributed by atoms with van der Waals surface area (Å²) in [4.78, 5) is 12.5. The van der Waals surface area contributed by atoms with Gasteiger partial charge in [0.25, 0.3) is 0 Å². The standard InChI is InChI=1S/C5H4N4S.H2O/c10-5-3-4(7-1-6-3)8-2-9-5;/h1-2,4H,(H,8,9,10);1H2. The van der Waals surface area contributed by atoms with Gasteiger partial charge in [-0.3, -0.25) is 0 Å². The minimum Gasteiger partial charge on any atom is -0.412 e. The van der Waals surface area contributed by atoms with E-state index in [1.165, 1.54) is 6.34 Å². The Labute approximate surface area is 68.3 Å². The summed E-state index contributed by atoms with van der Waals surface area (Å²) in [5.74, 6) is 0. The van der Waals surface area contributed by atoms with Crippen LogP contribution in [0.15, 0.2) is 15.0 Å². The van der Waals surface area contributed by atoms with Crippen LogP contribution in [0, 0.1) is 0 Å². The molecule has 0 aliphatic carbocycles. The summed E-state index contributed by atoms with van der Waals surface area (Å²) < 4.78 is 0. The van der Waals surface area contributed by atoms with E-state index in [4.69, 9.17) is 12.2 Å². The van der Waals surface area contributed by atoms with Crippen molar-refractivity contribution >= 4 is 35.6 Å². The third kappa shape index (κ3) is 1.17. The molecule has 0 aromatic rings. The molecule has 1 unspecified atom stereocenters. The smallest absolute Gasteiger partial charge is 0.188 e. The van der Waals surface area contributed by atoms with Crippen molar-refractivity contribution in [2.75, 3.05) is 0 Å². The Morgan fingerprint density at radius 3 is 3.00 bits per heavy atom. The van der Waals surface area contributed by atoms with Crippen molar-refractivity contribution in [1.29, 1.82) is 0 Å². The quantitative estimate of drug-likeness (QED) is 0.470. The van der Waals surface area contributed by atoms with Crippen molar-refractivity contribution in [3.8, 4) is 0 Å². The lowest BCUT2D eigenvalue weighted by Crippen LogP contribution is -2.37. The van der Waals surface area contributed by atoms with E-state index in [0.29, 0.717) is 4.99 Å². The van der Waals surface area contributed by atoms with Crippen LogP contribution in [-0.2, 0) is 0 Å². The van der Waals surface area contributed by atoms with Gasteiger partial charge in [0.15, 0.2) is 6.17 Å². The Hall–Kier alpha value is -1.14. The van der Waals surface area contributed by atoms with Crippen LogP contribution in [-0.4, -0.2) is 35.0 Å². The molecule has 2 aliphatic rings. The van der Waals surface area contributed by atoms with E-state index in [9.17, 15) is 0 Å². The molecule has 0 spiro atoms. The molecule has 0 aromatic carbocycles. The van der Waals surface area contributed by atoms with Crippen LogP contribution >= 0.6 is 12.2 Å². The molecule has 0 bridgehead atoms. The van der Waals surface area contributed by atoms with E-state index in [2.05, 4.69) is 20.3 Å². The first-order chi connectivity index (χ1) is 4.88. The van der Waals surface area contributed by atoms with Gasteiger partial charge in [0.1, 0.15) is 17.0 Å². The SMILES string of the molecule is O.S=C1NC=NC2N=CN=C12.